The van der Waals surface area contributed by atoms with Gasteiger partial charge in [0.25, 0.3) is 5.91 Å². The lowest BCUT2D eigenvalue weighted by atomic mass is 9.86. The molecule has 2 heterocycles. The summed E-state index contributed by atoms with van der Waals surface area (Å²) in [6.07, 6.45) is 14.0. The van der Waals surface area contributed by atoms with Crippen molar-refractivity contribution >= 4 is 34.1 Å². The van der Waals surface area contributed by atoms with Crippen LogP contribution in [0.3, 0.4) is 0 Å². The number of halogens is 1. The zero-order chi connectivity index (χ0) is 29.6. The van der Waals surface area contributed by atoms with Gasteiger partial charge in [-0.1, -0.05) is 72.3 Å². The Hall–Kier alpha value is -4.13. The second kappa shape index (κ2) is 13.4. The van der Waals surface area contributed by atoms with Crippen molar-refractivity contribution < 1.29 is 14.3 Å². The topological polar surface area (TPSA) is 61.9 Å². The first-order chi connectivity index (χ1) is 21.0. The van der Waals surface area contributed by atoms with E-state index in [1.165, 1.54) is 16.3 Å². The normalized spacial score (nSPS) is 17.5. The van der Waals surface area contributed by atoms with Crippen LogP contribution >= 0.6 is 11.6 Å². The monoisotopic (exact) mass is 593 g/mol. The zero-order valence-electron chi connectivity index (χ0n) is 24.2. The minimum atomic E-state index is -0.0623. The molecule has 3 aromatic rings. The van der Waals surface area contributed by atoms with E-state index in [1.54, 1.807) is 18.4 Å². The van der Waals surface area contributed by atoms with Crippen LogP contribution in [0.25, 0.3) is 10.8 Å². The summed E-state index contributed by atoms with van der Waals surface area (Å²) < 4.78 is 5.68. The Kier molecular flexibility index (Phi) is 9.06. The van der Waals surface area contributed by atoms with Crippen molar-refractivity contribution in [2.45, 2.75) is 31.6 Å². The van der Waals surface area contributed by atoms with E-state index in [4.69, 9.17) is 16.3 Å². The molecule has 3 aromatic carbocycles. The molecule has 1 saturated heterocycles. The van der Waals surface area contributed by atoms with Crippen molar-refractivity contribution in [1.29, 1.82) is 0 Å². The molecule has 0 spiro atoms. The molecule has 6 rings (SSSR count). The van der Waals surface area contributed by atoms with Crippen LogP contribution in [-0.4, -0.2) is 54.2 Å². The van der Waals surface area contributed by atoms with E-state index in [9.17, 15) is 9.59 Å². The largest absolute Gasteiger partial charge is 0.462 e. The highest BCUT2D eigenvalue weighted by Gasteiger charge is 2.25. The average molecular weight is 594 g/mol. The number of carbonyl (C=O) groups excluding carboxylic acids is 2. The summed E-state index contributed by atoms with van der Waals surface area (Å²) >= 11 is 6.36. The predicted octanol–water partition coefficient (Wildman–Crippen LogP) is 6.75. The van der Waals surface area contributed by atoms with Gasteiger partial charge in [0, 0.05) is 54.6 Å². The lowest BCUT2D eigenvalue weighted by Gasteiger charge is -2.34. The van der Waals surface area contributed by atoms with Crippen LogP contribution in [0.1, 0.15) is 46.7 Å². The van der Waals surface area contributed by atoms with E-state index in [-0.39, 0.29) is 11.7 Å². The van der Waals surface area contributed by atoms with Gasteiger partial charge in [-0.05, 0) is 78.4 Å². The summed E-state index contributed by atoms with van der Waals surface area (Å²) in [6, 6.07) is 20.5. The van der Waals surface area contributed by atoms with Crippen molar-refractivity contribution in [3.8, 4) is 0 Å². The van der Waals surface area contributed by atoms with Crippen LogP contribution in [0.4, 0.5) is 0 Å². The first-order valence-electron chi connectivity index (χ1n) is 15.0. The van der Waals surface area contributed by atoms with E-state index in [2.05, 4.69) is 45.4 Å². The summed E-state index contributed by atoms with van der Waals surface area (Å²) in [7, 11) is 0. The number of nitrogens with one attached hydrogen (secondary N) is 1. The molecule has 7 heteroatoms. The molecule has 0 atom stereocenters. The van der Waals surface area contributed by atoms with Gasteiger partial charge in [-0.25, -0.2) is 0 Å². The number of benzene rings is 3. The summed E-state index contributed by atoms with van der Waals surface area (Å²) in [5.41, 5.74) is 3.88. The maximum Gasteiger partial charge on any atom is 0.251 e. The minimum absolute atomic E-state index is 0.0623. The zero-order valence-corrected chi connectivity index (χ0v) is 24.9. The second-order valence-electron chi connectivity index (χ2n) is 11.4. The van der Waals surface area contributed by atoms with Crippen molar-refractivity contribution in [3.05, 3.63) is 131 Å². The molecule has 0 aromatic heterocycles. The second-order valence-corrected chi connectivity index (χ2v) is 11.8. The summed E-state index contributed by atoms with van der Waals surface area (Å²) in [5, 5.41) is 6.15. The molecule has 0 bridgehead atoms. The summed E-state index contributed by atoms with van der Waals surface area (Å²) in [4.78, 5) is 29.7. The first-order valence-corrected chi connectivity index (χ1v) is 15.4. The number of hydrogen-bond donors (Lipinski definition) is 1. The number of hydrogen-bond acceptors (Lipinski definition) is 5. The predicted molar refractivity (Wildman–Crippen MR) is 172 cm³/mol. The number of rotatable bonds is 9. The van der Waals surface area contributed by atoms with Crippen molar-refractivity contribution in [1.82, 2.24) is 15.1 Å². The third-order valence-electron chi connectivity index (χ3n) is 8.47. The number of piperidine rings is 1. The highest BCUT2D eigenvalue weighted by atomic mass is 35.5. The smallest absolute Gasteiger partial charge is 0.251 e. The third-order valence-corrected chi connectivity index (χ3v) is 8.70. The summed E-state index contributed by atoms with van der Waals surface area (Å²) in [6.45, 7) is 4.24. The number of amides is 1. The Bertz CT molecular complexity index is 1630. The van der Waals surface area contributed by atoms with E-state index in [1.807, 2.05) is 48.8 Å². The Balaban J connectivity index is 1.01. The molecule has 6 nitrogen and oxygen atoms in total. The van der Waals surface area contributed by atoms with Gasteiger partial charge in [0.15, 0.2) is 5.78 Å². The molecule has 1 N–H and O–H groups in total. The van der Waals surface area contributed by atoms with Gasteiger partial charge in [0.1, 0.15) is 12.0 Å². The highest BCUT2D eigenvalue weighted by molar-refractivity contribution is 6.31. The maximum atomic E-state index is 13.3. The summed E-state index contributed by atoms with van der Waals surface area (Å²) in [5.74, 6) is 1.07. The SMILES string of the molecule is O=C1C=CC=C(C2=CN(CCN3CCC(c4ccc(Cl)cc4C(=O)NCCc4ccc5ccccc5c4)CC3)C=CO2)C1. The van der Waals surface area contributed by atoms with Gasteiger partial charge in [-0.2, -0.15) is 0 Å². The fourth-order valence-corrected chi connectivity index (χ4v) is 6.24. The number of ether oxygens (including phenoxy) is 1. The van der Waals surface area contributed by atoms with Gasteiger partial charge in [0.05, 0.1) is 0 Å². The van der Waals surface area contributed by atoms with E-state index in [0.29, 0.717) is 29.5 Å². The van der Waals surface area contributed by atoms with Crippen molar-refractivity contribution in [3.63, 3.8) is 0 Å². The van der Waals surface area contributed by atoms with Crippen LogP contribution in [0.2, 0.25) is 5.02 Å². The minimum Gasteiger partial charge on any atom is -0.462 e. The fraction of sp³-hybridized carbons (Fsp3) is 0.278. The Labute approximate surface area is 258 Å². The molecular weight excluding hydrogens is 558 g/mol. The molecule has 3 aliphatic rings. The number of likely N-dealkylation sites (tertiary alicyclic amines) is 1. The number of nitrogens with zero attached hydrogens (tertiary/aromatic N) is 2. The maximum absolute atomic E-state index is 13.3. The quantitative estimate of drug-likeness (QED) is 0.297. The Morgan fingerprint density at radius 2 is 1.84 bits per heavy atom. The standard InChI is InChI=1S/C36H36ClN3O3/c37-31-10-11-33(34(24-31)36(42)38-15-12-26-8-9-27-4-1-2-5-29(27)22-26)28-13-16-39(17-14-28)18-19-40-20-21-43-35(25-40)30-6-3-7-32(41)23-30/h1-11,20-22,24-25,28H,12-19,23H2,(H,38,42). The van der Waals surface area contributed by atoms with E-state index < -0.39 is 0 Å². The third kappa shape index (κ3) is 7.27. The molecule has 0 radical (unpaired) electrons. The molecule has 2 aliphatic heterocycles. The van der Waals surface area contributed by atoms with Crippen molar-refractivity contribution in [2.24, 2.45) is 0 Å². The fourth-order valence-electron chi connectivity index (χ4n) is 6.07. The Morgan fingerprint density at radius 1 is 1.00 bits per heavy atom. The molecule has 1 amide bonds. The van der Waals surface area contributed by atoms with Crippen LogP contribution < -0.4 is 5.32 Å². The number of carbonyl (C=O) groups is 2. The van der Waals surface area contributed by atoms with Crippen molar-refractivity contribution in [2.75, 3.05) is 32.7 Å². The molecule has 0 unspecified atom stereocenters. The molecule has 220 valence electrons. The number of ketones is 1. The van der Waals surface area contributed by atoms with Crippen LogP contribution in [0, 0.1) is 0 Å². The van der Waals surface area contributed by atoms with Gasteiger partial charge >= 0.3 is 0 Å². The molecule has 43 heavy (non-hydrogen) atoms. The molecule has 1 fully saturated rings. The number of allylic oxidation sites excluding steroid dienone is 4. The lowest BCUT2D eigenvalue weighted by molar-refractivity contribution is -0.114. The highest BCUT2D eigenvalue weighted by Crippen LogP contribution is 2.32. The van der Waals surface area contributed by atoms with E-state index in [0.717, 1.165) is 62.3 Å². The lowest BCUT2D eigenvalue weighted by Crippen LogP contribution is -2.38. The van der Waals surface area contributed by atoms with Gasteiger partial charge in [0.2, 0.25) is 0 Å². The first kappa shape index (κ1) is 29.0. The van der Waals surface area contributed by atoms with Gasteiger partial charge < -0.3 is 19.9 Å². The van der Waals surface area contributed by atoms with Crippen LogP contribution in [-0.2, 0) is 16.0 Å². The molecular formula is C36H36ClN3O3. The molecule has 1 aliphatic carbocycles. The Morgan fingerprint density at radius 3 is 2.67 bits per heavy atom. The van der Waals surface area contributed by atoms with Gasteiger partial charge in [-0.15, -0.1) is 0 Å². The average Bonchev–Trinajstić information content (AvgIpc) is 3.04. The van der Waals surface area contributed by atoms with Crippen LogP contribution in [0.15, 0.2) is 109 Å². The van der Waals surface area contributed by atoms with Gasteiger partial charge in [-0.3, -0.25) is 9.59 Å². The van der Waals surface area contributed by atoms with Crippen LogP contribution in [0.5, 0.6) is 0 Å². The van der Waals surface area contributed by atoms with E-state index >= 15 is 0 Å². The molecule has 0 saturated carbocycles. The number of fused-ring (bicyclic) bond motifs is 1.